The number of nitrogens with zero attached hydrogens (tertiary/aromatic N) is 1. The Hall–Kier alpha value is -1.98. The van der Waals surface area contributed by atoms with Crippen LogP contribution in [0.25, 0.3) is 0 Å². The standard InChI is InChI=1S/C12H12F2N2O2/c1-2-8-6-11(17)16(12(18)15-8)10-4-3-7(13)5-9(10)14/h3-5,8H,2,6H2,1H3,(H,15,18). The van der Waals surface area contributed by atoms with Gasteiger partial charge < -0.3 is 5.32 Å². The molecule has 1 saturated heterocycles. The van der Waals surface area contributed by atoms with Crippen molar-refractivity contribution in [1.82, 2.24) is 5.32 Å². The molecule has 1 aromatic rings. The summed E-state index contributed by atoms with van der Waals surface area (Å²) in [6.07, 6.45) is 0.732. The number of imide groups is 1. The van der Waals surface area contributed by atoms with E-state index in [1.807, 2.05) is 6.92 Å². The lowest BCUT2D eigenvalue weighted by Crippen LogP contribution is -2.55. The van der Waals surface area contributed by atoms with Crippen LogP contribution in [-0.2, 0) is 4.79 Å². The van der Waals surface area contributed by atoms with Gasteiger partial charge in [0.1, 0.15) is 11.6 Å². The van der Waals surface area contributed by atoms with Crippen molar-refractivity contribution in [2.24, 2.45) is 0 Å². The van der Waals surface area contributed by atoms with Gasteiger partial charge in [0.2, 0.25) is 5.91 Å². The first-order valence-corrected chi connectivity index (χ1v) is 5.61. The monoisotopic (exact) mass is 254 g/mol. The Morgan fingerprint density at radius 2 is 2.11 bits per heavy atom. The van der Waals surface area contributed by atoms with Gasteiger partial charge in [0, 0.05) is 18.5 Å². The molecule has 3 amide bonds. The van der Waals surface area contributed by atoms with E-state index in [0.29, 0.717) is 17.4 Å². The Balaban J connectivity index is 2.33. The molecule has 1 heterocycles. The van der Waals surface area contributed by atoms with E-state index in [0.717, 1.165) is 12.1 Å². The molecule has 0 spiro atoms. The molecule has 1 unspecified atom stereocenters. The molecule has 0 bridgehead atoms. The van der Waals surface area contributed by atoms with E-state index in [9.17, 15) is 18.4 Å². The molecule has 1 aromatic carbocycles. The van der Waals surface area contributed by atoms with Crippen LogP contribution in [0.2, 0.25) is 0 Å². The number of rotatable bonds is 2. The molecular weight excluding hydrogens is 242 g/mol. The largest absolute Gasteiger partial charge is 0.334 e. The van der Waals surface area contributed by atoms with Gasteiger partial charge in [-0.2, -0.15) is 0 Å². The van der Waals surface area contributed by atoms with Crippen molar-refractivity contribution in [2.45, 2.75) is 25.8 Å². The average Bonchev–Trinajstić information content (AvgIpc) is 2.30. The molecule has 2 rings (SSSR count). The number of halogens is 2. The highest BCUT2D eigenvalue weighted by Gasteiger charge is 2.33. The fraction of sp³-hybridized carbons (Fsp3) is 0.333. The quantitative estimate of drug-likeness (QED) is 0.879. The number of hydrogen-bond donors (Lipinski definition) is 1. The number of benzene rings is 1. The minimum Gasteiger partial charge on any atom is -0.334 e. The molecule has 0 radical (unpaired) electrons. The van der Waals surface area contributed by atoms with Gasteiger partial charge in [-0.15, -0.1) is 0 Å². The topological polar surface area (TPSA) is 49.4 Å². The lowest BCUT2D eigenvalue weighted by atomic mass is 10.1. The Bertz CT molecular complexity index is 487. The molecule has 4 nitrogen and oxygen atoms in total. The van der Waals surface area contributed by atoms with Gasteiger partial charge in [-0.3, -0.25) is 4.79 Å². The number of urea groups is 1. The third-order valence-electron chi connectivity index (χ3n) is 2.84. The summed E-state index contributed by atoms with van der Waals surface area (Å²) in [7, 11) is 0. The first-order chi connectivity index (χ1) is 8.52. The minimum absolute atomic E-state index is 0.110. The molecule has 0 aromatic heterocycles. The van der Waals surface area contributed by atoms with Crippen LogP contribution in [0.3, 0.4) is 0 Å². The zero-order valence-electron chi connectivity index (χ0n) is 9.74. The van der Waals surface area contributed by atoms with Crippen molar-refractivity contribution in [1.29, 1.82) is 0 Å². The second-order valence-corrected chi connectivity index (χ2v) is 4.08. The third kappa shape index (κ3) is 2.18. The molecule has 6 heteroatoms. The molecular formula is C12H12F2N2O2. The van der Waals surface area contributed by atoms with Crippen LogP contribution in [0.5, 0.6) is 0 Å². The van der Waals surface area contributed by atoms with E-state index in [2.05, 4.69) is 5.32 Å². The van der Waals surface area contributed by atoms with E-state index in [1.165, 1.54) is 0 Å². The van der Waals surface area contributed by atoms with Crippen molar-refractivity contribution in [3.8, 4) is 0 Å². The molecule has 1 aliphatic heterocycles. The van der Waals surface area contributed by atoms with Crippen molar-refractivity contribution in [3.05, 3.63) is 29.8 Å². The van der Waals surface area contributed by atoms with Crippen LogP contribution in [0.15, 0.2) is 18.2 Å². The van der Waals surface area contributed by atoms with Crippen LogP contribution >= 0.6 is 0 Å². The van der Waals surface area contributed by atoms with Crippen molar-refractivity contribution < 1.29 is 18.4 Å². The third-order valence-corrected chi connectivity index (χ3v) is 2.84. The number of amides is 3. The summed E-state index contributed by atoms with van der Waals surface area (Å²) in [5.74, 6) is -2.18. The lowest BCUT2D eigenvalue weighted by Gasteiger charge is -2.30. The number of carbonyl (C=O) groups is 2. The Morgan fingerprint density at radius 1 is 1.39 bits per heavy atom. The summed E-state index contributed by atoms with van der Waals surface area (Å²) in [6.45, 7) is 1.84. The van der Waals surface area contributed by atoms with Gasteiger partial charge in [-0.1, -0.05) is 6.92 Å². The molecule has 1 N–H and O–H groups in total. The highest BCUT2D eigenvalue weighted by atomic mass is 19.1. The Kier molecular flexibility index (Phi) is 3.27. The number of anilines is 1. The molecule has 96 valence electrons. The Labute approximate surface area is 103 Å². The van der Waals surface area contributed by atoms with Gasteiger partial charge in [0.05, 0.1) is 5.69 Å². The van der Waals surface area contributed by atoms with Crippen LogP contribution in [0, 0.1) is 11.6 Å². The molecule has 1 atom stereocenters. The van der Waals surface area contributed by atoms with Gasteiger partial charge in [-0.25, -0.2) is 18.5 Å². The summed E-state index contributed by atoms with van der Waals surface area (Å²) < 4.78 is 26.3. The first kappa shape index (κ1) is 12.5. The lowest BCUT2D eigenvalue weighted by molar-refractivity contribution is -0.119. The SMILES string of the molecule is CCC1CC(=O)N(c2ccc(F)cc2F)C(=O)N1. The first-order valence-electron chi connectivity index (χ1n) is 5.61. The average molecular weight is 254 g/mol. The van der Waals surface area contributed by atoms with Crippen LogP contribution < -0.4 is 10.2 Å². The minimum atomic E-state index is -0.937. The summed E-state index contributed by atoms with van der Waals surface area (Å²) >= 11 is 0. The Morgan fingerprint density at radius 3 is 2.67 bits per heavy atom. The predicted molar refractivity (Wildman–Crippen MR) is 61.1 cm³/mol. The fourth-order valence-corrected chi connectivity index (χ4v) is 1.86. The molecule has 1 aliphatic rings. The fourth-order valence-electron chi connectivity index (χ4n) is 1.86. The predicted octanol–water partition coefficient (Wildman–Crippen LogP) is 2.19. The zero-order valence-corrected chi connectivity index (χ0v) is 9.74. The summed E-state index contributed by atoms with van der Waals surface area (Å²) in [4.78, 5) is 24.3. The number of hydrogen-bond acceptors (Lipinski definition) is 2. The van der Waals surface area contributed by atoms with Gasteiger partial charge in [0.15, 0.2) is 0 Å². The molecule has 18 heavy (non-hydrogen) atoms. The second kappa shape index (κ2) is 4.72. The maximum atomic E-state index is 13.5. The summed E-state index contributed by atoms with van der Waals surface area (Å²) in [5, 5.41) is 2.59. The normalized spacial score (nSPS) is 19.9. The van der Waals surface area contributed by atoms with Crippen LogP contribution in [-0.4, -0.2) is 18.0 Å². The van der Waals surface area contributed by atoms with Gasteiger partial charge in [-0.05, 0) is 18.6 Å². The number of nitrogens with one attached hydrogen (secondary N) is 1. The van der Waals surface area contributed by atoms with Crippen LogP contribution in [0.4, 0.5) is 19.3 Å². The van der Waals surface area contributed by atoms with Crippen molar-refractivity contribution >= 4 is 17.6 Å². The zero-order chi connectivity index (χ0) is 13.3. The molecule has 1 fully saturated rings. The molecule has 0 saturated carbocycles. The van der Waals surface area contributed by atoms with Gasteiger partial charge >= 0.3 is 6.03 Å². The maximum absolute atomic E-state index is 13.5. The maximum Gasteiger partial charge on any atom is 0.329 e. The smallest absolute Gasteiger partial charge is 0.329 e. The van der Waals surface area contributed by atoms with Crippen LogP contribution in [0.1, 0.15) is 19.8 Å². The number of carbonyl (C=O) groups excluding carboxylic acids is 2. The van der Waals surface area contributed by atoms with E-state index >= 15 is 0 Å². The highest BCUT2D eigenvalue weighted by molar-refractivity contribution is 6.16. The van der Waals surface area contributed by atoms with E-state index in [1.54, 1.807) is 0 Å². The van der Waals surface area contributed by atoms with Crippen molar-refractivity contribution in [2.75, 3.05) is 4.90 Å². The van der Waals surface area contributed by atoms with E-state index in [4.69, 9.17) is 0 Å². The summed E-state index contributed by atoms with van der Waals surface area (Å²) in [5.41, 5.74) is -0.228. The molecule has 0 aliphatic carbocycles. The summed E-state index contributed by atoms with van der Waals surface area (Å²) in [6, 6.07) is 1.81. The van der Waals surface area contributed by atoms with E-state index < -0.39 is 23.6 Å². The highest BCUT2D eigenvalue weighted by Crippen LogP contribution is 2.24. The van der Waals surface area contributed by atoms with Crippen molar-refractivity contribution in [3.63, 3.8) is 0 Å². The second-order valence-electron chi connectivity index (χ2n) is 4.08. The van der Waals surface area contributed by atoms with E-state index in [-0.39, 0.29) is 18.2 Å². The van der Waals surface area contributed by atoms with Gasteiger partial charge in [0.25, 0.3) is 0 Å².